The second kappa shape index (κ2) is 5.67. The Hall–Kier alpha value is -1.14. The molecule has 5 nitrogen and oxygen atoms in total. The van der Waals surface area contributed by atoms with Crippen molar-refractivity contribution < 1.29 is 15.0 Å². The van der Waals surface area contributed by atoms with Crippen LogP contribution < -0.4 is 5.32 Å². The number of amides is 1. The molecule has 1 amide bonds. The molecule has 0 bridgehead atoms. The summed E-state index contributed by atoms with van der Waals surface area (Å²) in [5.74, 6) is -0.196. The molecule has 2 rings (SSSR count). The van der Waals surface area contributed by atoms with Crippen LogP contribution in [0.3, 0.4) is 0 Å². The molecule has 1 aromatic carbocycles. The van der Waals surface area contributed by atoms with Gasteiger partial charge in [-0.25, -0.2) is 0 Å². The molecule has 6 heteroatoms. The van der Waals surface area contributed by atoms with Crippen molar-refractivity contribution in [2.75, 3.05) is 25.0 Å². The molecule has 0 spiro atoms. The topological polar surface area (TPSA) is 72.8 Å². The summed E-state index contributed by atoms with van der Waals surface area (Å²) in [6, 6.07) is 6.89. The first-order chi connectivity index (χ1) is 8.54. The molecule has 1 saturated heterocycles. The quantitative estimate of drug-likeness (QED) is 0.739. The molecule has 1 aliphatic rings. The molecule has 2 atom stereocenters. The molecule has 1 aliphatic heterocycles. The summed E-state index contributed by atoms with van der Waals surface area (Å²) in [6.07, 6.45) is -1.55. The van der Waals surface area contributed by atoms with Crippen LogP contribution in [0.5, 0.6) is 0 Å². The summed E-state index contributed by atoms with van der Waals surface area (Å²) in [7, 11) is 0. The van der Waals surface area contributed by atoms with Gasteiger partial charge in [-0.15, -0.1) is 0 Å². The number of aliphatic hydroxyl groups excluding tert-OH is 2. The van der Waals surface area contributed by atoms with Crippen molar-refractivity contribution in [3.05, 3.63) is 29.3 Å². The van der Waals surface area contributed by atoms with Crippen LogP contribution in [0.4, 0.5) is 5.69 Å². The maximum absolute atomic E-state index is 11.7. The van der Waals surface area contributed by atoms with E-state index in [2.05, 4.69) is 5.32 Å². The molecule has 2 unspecified atom stereocenters. The molecule has 1 heterocycles. The van der Waals surface area contributed by atoms with E-state index < -0.39 is 12.2 Å². The maximum atomic E-state index is 11.7. The van der Waals surface area contributed by atoms with Crippen LogP contribution in [0.1, 0.15) is 0 Å². The Kier molecular flexibility index (Phi) is 4.19. The SMILES string of the molecule is O=C(CN1CC(O)C(O)C1)Nc1cccc(Cl)c1. The van der Waals surface area contributed by atoms with Crippen LogP contribution in [0, 0.1) is 0 Å². The summed E-state index contributed by atoms with van der Waals surface area (Å²) in [5, 5.41) is 22.0. The van der Waals surface area contributed by atoms with Crippen LogP contribution in [0.25, 0.3) is 0 Å². The minimum absolute atomic E-state index is 0.140. The lowest BCUT2D eigenvalue weighted by atomic mass is 10.3. The zero-order chi connectivity index (χ0) is 13.1. The predicted octanol–water partition coefficient (Wildman–Crippen LogP) is 0.316. The third-order valence-corrected chi connectivity index (χ3v) is 3.05. The number of β-amino-alcohol motifs (C(OH)–C–C–N with tert-alkyl or cyclic N) is 2. The van der Waals surface area contributed by atoms with E-state index in [4.69, 9.17) is 11.6 Å². The van der Waals surface area contributed by atoms with Crippen molar-refractivity contribution in [1.82, 2.24) is 4.90 Å². The zero-order valence-corrected chi connectivity index (χ0v) is 10.5. The van der Waals surface area contributed by atoms with E-state index in [9.17, 15) is 15.0 Å². The van der Waals surface area contributed by atoms with Gasteiger partial charge in [-0.2, -0.15) is 0 Å². The fraction of sp³-hybridized carbons (Fsp3) is 0.417. The first kappa shape index (κ1) is 13.3. The number of hydrogen-bond acceptors (Lipinski definition) is 4. The molecule has 0 aromatic heterocycles. The number of rotatable bonds is 3. The number of hydrogen-bond donors (Lipinski definition) is 3. The summed E-state index contributed by atoms with van der Waals surface area (Å²) in [4.78, 5) is 13.4. The fourth-order valence-corrected chi connectivity index (χ4v) is 2.14. The highest BCUT2D eigenvalue weighted by atomic mass is 35.5. The highest BCUT2D eigenvalue weighted by Crippen LogP contribution is 2.15. The van der Waals surface area contributed by atoms with Crippen molar-refractivity contribution in [2.45, 2.75) is 12.2 Å². The lowest BCUT2D eigenvalue weighted by molar-refractivity contribution is -0.117. The molecular weight excluding hydrogens is 256 g/mol. The molecular formula is C12H15ClN2O3. The average molecular weight is 271 g/mol. The smallest absolute Gasteiger partial charge is 0.238 e. The first-order valence-electron chi connectivity index (χ1n) is 5.68. The van der Waals surface area contributed by atoms with Crippen molar-refractivity contribution in [3.63, 3.8) is 0 Å². The van der Waals surface area contributed by atoms with Gasteiger partial charge in [0.2, 0.25) is 5.91 Å². The Morgan fingerprint density at radius 1 is 1.39 bits per heavy atom. The largest absolute Gasteiger partial charge is 0.389 e. The van der Waals surface area contributed by atoms with Gasteiger partial charge in [0.05, 0.1) is 18.8 Å². The third kappa shape index (κ3) is 3.43. The number of halogens is 1. The van der Waals surface area contributed by atoms with Gasteiger partial charge in [-0.05, 0) is 18.2 Å². The van der Waals surface area contributed by atoms with Gasteiger partial charge < -0.3 is 15.5 Å². The number of nitrogens with one attached hydrogen (secondary N) is 1. The standard InChI is InChI=1S/C12H15ClN2O3/c13-8-2-1-3-9(4-8)14-12(18)7-15-5-10(16)11(17)6-15/h1-4,10-11,16-17H,5-7H2,(H,14,18). The number of benzene rings is 1. The molecule has 98 valence electrons. The molecule has 1 fully saturated rings. The van der Waals surface area contributed by atoms with Gasteiger partial charge >= 0.3 is 0 Å². The number of carbonyl (C=O) groups is 1. The van der Waals surface area contributed by atoms with Crippen molar-refractivity contribution in [1.29, 1.82) is 0 Å². The van der Waals surface area contributed by atoms with Crippen molar-refractivity contribution in [2.24, 2.45) is 0 Å². The molecule has 0 aliphatic carbocycles. The van der Waals surface area contributed by atoms with Crippen molar-refractivity contribution in [3.8, 4) is 0 Å². The molecule has 0 saturated carbocycles. The number of aliphatic hydroxyl groups is 2. The Morgan fingerprint density at radius 2 is 2.06 bits per heavy atom. The van der Waals surface area contributed by atoms with Crippen LogP contribution in [-0.4, -0.2) is 52.9 Å². The highest BCUT2D eigenvalue weighted by molar-refractivity contribution is 6.30. The number of nitrogens with zero attached hydrogens (tertiary/aromatic N) is 1. The maximum Gasteiger partial charge on any atom is 0.238 e. The molecule has 3 N–H and O–H groups in total. The van der Waals surface area contributed by atoms with Gasteiger partial charge in [0, 0.05) is 23.8 Å². The van der Waals surface area contributed by atoms with Crippen LogP contribution in [0.15, 0.2) is 24.3 Å². The Balaban J connectivity index is 1.86. The van der Waals surface area contributed by atoms with E-state index in [1.165, 1.54) is 0 Å². The van der Waals surface area contributed by atoms with Crippen LogP contribution in [-0.2, 0) is 4.79 Å². The Bertz CT molecular complexity index is 431. The second-order valence-electron chi connectivity index (χ2n) is 4.39. The lowest BCUT2D eigenvalue weighted by Gasteiger charge is -2.14. The van der Waals surface area contributed by atoms with Gasteiger partial charge in [-0.3, -0.25) is 9.69 Å². The van der Waals surface area contributed by atoms with E-state index in [0.717, 1.165) is 0 Å². The zero-order valence-electron chi connectivity index (χ0n) is 9.71. The fourth-order valence-electron chi connectivity index (χ4n) is 1.95. The van der Waals surface area contributed by atoms with Gasteiger partial charge in [0.25, 0.3) is 0 Å². The highest BCUT2D eigenvalue weighted by Gasteiger charge is 2.30. The first-order valence-corrected chi connectivity index (χ1v) is 6.06. The minimum Gasteiger partial charge on any atom is -0.389 e. The third-order valence-electron chi connectivity index (χ3n) is 2.81. The van der Waals surface area contributed by atoms with E-state index >= 15 is 0 Å². The minimum atomic E-state index is -0.774. The average Bonchev–Trinajstić information content (AvgIpc) is 2.57. The molecule has 1 aromatic rings. The number of likely N-dealkylation sites (tertiary alicyclic amines) is 1. The lowest BCUT2D eigenvalue weighted by Crippen LogP contribution is -2.32. The number of anilines is 1. The monoisotopic (exact) mass is 270 g/mol. The molecule has 18 heavy (non-hydrogen) atoms. The Labute approximate surface area is 110 Å². The summed E-state index contributed by atoms with van der Waals surface area (Å²) >= 11 is 5.81. The molecule has 0 radical (unpaired) electrons. The van der Waals surface area contributed by atoms with Gasteiger partial charge in [0.15, 0.2) is 0 Å². The van der Waals surface area contributed by atoms with Gasteiger partial charge in [-0.1, -0.05) is 17.7 Å². The Morgan fingerprint density at radius 3 is 2.67 bits per heavy atom. The van der Waals surface area contributed by atoms with E-state index in [1.54, 1.807) is 29.2 Å². The summed E-state index contributed by atoms with van der Waals surface area (Å²) < 4.78 is 0. The number of carbonyl (C=O) groups excluding carboxylic acids is 1. The van der Waals surface area contributed by atoms with Crippen LogP contribution >= 0.6 is 11.6 Å². The summed E-state index contributed by atoms with van der Waals surface area (Å²) in [6.45, 7) is 0.759. The second-order valence-corrected chi connectivity index (χ2v) is 4.82. The van der Waals surface area contributed by atoms with Crippen molar-refractivity contribution >= 4 is 23.2 Å². The van der Waals surface area contributed by atoms with E-state index in [0.29, 0.717) is 23.8 Å². The summed E-state index contributed by atoms with van der Waals surface area (Å²) in [5.41, 5.74) is 0.632. The van der Waals surface area contributed by atoms with E-state index in [-0.39, 0.29) is 12.5 Å². The van der Waals surface area contributed by atoms with E-state index in [1.807, 2.05) is 0 Å². The predicted molar refractivity (Wildman–Crippen MR) is 68.5 cm³/mol. The van der Waals surface area contributed by atoms with Gasteiger partial charge in [0.1, 0.15) is 0 Å². The van der Waals surface area contributed by atoms with Crippen LogP contribution in [0.2, 0.25) is 5.02 Å². The normalized spacial score (nSPS) is 24.2.